The van der Waals surface area contributed by atoms with Crippen molar-refractivity contribution in [1.82, 2.24) is 9.97 Å². The fraction of sp³-hybridized carbons (Fsp3) is 0.273. The minimum Gasteiger partial charge on any atom is -0.495 e. The van der Waals surface area contributed by atoms with Gasteiger partial charge < -0.3 is 15.4 Å². The normalized spacial score (nSPS) is 11.1. The molecule has 2 N–H and O–H groups in total. The molecule has 0 saturated carbocycles. The summed E-state index contributed by atoms with van der Waals surface area (Å²) < 4.78 is 5.39. The molecule has 140 valence electrons. The van der Waals surface area contributed by atoms with Crippen LogP contribution in [0.3, 0.4) is 0 Å². The Kier molecular flexibility index (Phi) is 5.31. The van der Waals surface area contributed by atoms with Gasteiger partial charge in [-0.25, -0.2) is 4.98 Å². The molecule has 0 unspecified atom stereocenters. The van der Waals surface area contributed by atoms with Crippen molar-refractivity contribution in [3.8, 4) is 5.75 Å². The maximum atomic E-state index is 5.39. The zero-order valence-electron chi connectivity index (χ0n) is 16.5. The lowest BCUT2D eigenvalue weighted by atomic mass is 9.86. The number of benzene rings is 2. The molecule has 0 aliphatic rings. The number of hydrogen-bond donors (Lipinski definition) is 2. The van der Waals surface area contributed by atoms with Gasteiger partial charge in [-0.2, -0.15) is 4.98 Å². The molecule has 2 aromatic carbocycles. The van der Waals surface area contributed by atoms with Crippen LogP contribution < -0.4 is 15.4 Å². The maximum absolute atomic E-state index is 5.39. The summed E-state index contributed by atoms with van der Waals surface area (Å²) in [5, 5.41) is 6.70. The molecule has 5 heteroatoms. The van der Waals surface area contributed by atoms with E-state index in [0.717, 1.165) is 28.6 Å². The quantitative estimate of drug-likeness (QED) is 0.620. The Balaban J connectivity index is 1.91. The zero-order valence-corrected chi connectivity index (χ0v) is 16.5. The van der Waals surface area contributed by atoms with Crippen LogP contribution in [0.5, 0.6) is 5.75 Å². The van der Waals surface area contributed by atoms with E-state index in [0.29, 0.717) is 5.95 Å². The summed E-state index contributed by atoms with van der Waals surface area (Å²) >= 11 is 0. The van der Waals surface area contributed by atoms with Crippen molar-refractivity contribution in [1.29, 1.82) is 0 Å². The van der Waals surface area contributed by atoms with Gasteiger partial charge in [-0.15, -0.1) is 0 Å². The van der Waals surface area contributed by atoms with Crippen LogP contribution in [0.15, 0.2) is 54.6 Å². The van der Waals surface area contributed by atoms with Gasteiger partial charge in [0.15, 0.2) is 0 Å². The molecule has 0 radical (unpaired) electrons. The first-order valence-corrected chi connectivity index (χ1v) is 8.99. The molecule has 5 nitrogen and oxygen atoms in total. The van der Waals surface area contributed by atoms with Crippen molar-refractivity contribution in [2.24, 2.45) is 0 Å². The van der Waals surface area contributed by atoms with Crippen LogP contribution in [0.1, 0.15) is 32.0 Å². The summed E-state index contributed by atoms with van der Waals surface area (Å²) in [6.45, 7) is 8.56. The first-order chi connectivity index (χ1) is 12.9. The number of para-hydroxylation sites is 3. The highest BCUT2D eigenvalue weighted by Crippen LogP contribution is 2.31. The van der Waals surface area contributed by atoms with Gasteiger partial charge in [0.25, 0.3) is 0 Å². The van der Waals surface area contributed by atoms with E-state index in [1.807, 2.05) is 43.3 Å². The third kappa shape index (κ3) is 4.56. The standard InChI is InChI=1S/C22H26N4O/c1-15-14-20(24-17-11-7-6-10-16(17)22(2,3)4)26-21(23-15)25-18-12-8-9-13-19(18)27-5/h6-14H,1-5H3,(H2,23,24,25,26). The van der Waals surface area contributed by atoms with Gasteiger partial charge >= 0.3 is 0 Å². The molecule has 0 aliphatic heterocycles. The molecule has 0 spiro atoms. The minimum atomic E-state index is 0.0319. The van der Waals surface area contributed by atoms with Crippen molar-refractivity contribution in [3.63, 3.8) is 0 Å². The Morgan fingerprint density at radius 3 is 2.22 bits per heavy atom. The number of anilines is 4. The van der Waals surface area contributed by atoms with Gasteiger partial charge in [-0.05, 0) is 36.1 Å². The van der Waals surface area contributed by atoms with E-state index >= 15 is 0 Å². The van der Waals surface area contributed by atoms with Gasteiger partial charge in [0.1, 0.15) is 11.6 Å². The van der Waals surface area contributed by atoms with Crippen LogP contribution in [0.2, 0.25) is 0 Å². The Hall–Kier alpha value is -3.08. The molecule has 3 rings (SSSR count). The highest BCUT2D eigenvalue weighted by atomic mass is 16.5. The van der Waals surface area contributed by atoms with Gasteiger partial charge in [0.05, 0.1) is 12.8 Å². The van der Waals surface area contributed by atoms with Crippen molar-refractivity contribution in [2.75, 3.05) is 17.7 Å². The molecule has 1 heterocycles. The average molecular weight is 362 g/mol. The van der Waals surface area contributed by atoms with Crippen LogP contribution >= 0.6 is 0 Å². The smallest absolute Gasteiger partial charge is 0.229 e. The Morgan fingerprint density at radius 2 is 1.52 bits per heavy atom. The number of aryl methyl sites for hydroxylation is 1. The molecule has 1 aromatic heterocycles. The number of methoxy groups -OCH3 is 1. The van der Waals surface area contributed by atoms with Crippen molar-refractivity contribution in [3.05, 3.63) is 65.9 Å². The molecule has 27 heavy (non-hydrogen) atoms. The maximum Gasteiger partial charge on any atom is 0.229 e. The van der Waals surface area contributed by atoms with Crippen LogP contribution in [-0.4, -0.2) is 17.1 Å². The fourth-order valence-electron chi connectivity index (χ4n) is 2.94. The van der Waals surface area contributed by atoms with E-state index < -0.39 is 0 Å². The minimum absolute atomic E-state index is 0.0319. The van der Waals surface area contributed by atoms with E-state index in [2.05, 4.69) is 59.6 Å². The lowest BCUT2D eigenvalue weighted by Crippen LogP contribution is -2.14. The van der Waals surface area contributed by atoms with Crippen molar-refractivity contribution < 1.29 is 4.74 Å². The second-order valence-corrected chi connectivity index (χ2v) is 7.46. The zero-order chi connectivity index (χ0) is 19.4. The first-order valence-electron chi connectivity index (χ1n) is 8.99. The first kappa shape index (κ1) is 18.7. The number of nitrogens with one attached hydrogen (secondary N) is 2. The van der Waals surface area contributed by atoms with E-state index in [9.17, 15) is 0 Å². The highest BCUT2D eigenvalue weighted by Gasteiger charge is 2.18. The molecule has 0 aliphatic carbocycles. The predicted octanol–water partition coefficient (Wildman–Crippen LogP) is 5.58. The van der Waals surface area contributed by atoms with Crippen LogP contribution in [0, 0.1) is 6.92 Å². The molecular weight excluding hydrogens is 336 g/mol. The third-order valence-corrected chi connectivity index (χ3v) is 4.21. The third-order valence-electron chi connectivity index (χ3n) is 4.21. The molecular formula is C22H26N4O. The van der Waals surface area contributed by atoms with Crippen LogP contribution in [0.4, 0.5) is 23.1 Å². The SMILES string of the molecule is COc1ccccc1Nc1nc(C)cc(Nc2ccccc2C(C)(C)C)n1. The lowest BCUT2D eigenvalue weighted by molar-refractivity contribution is 0.417. The number of aromatic nitrogens is 2. The van der Waals surface area contributed by atoms with E-state index in [1.54, 1.807) is 7.11 Å². The topological polar surface area (TPSA) is 59.1 Å². The summed E-state index contributed by atoms with van der Waals surface area (Å²) in [7, 11) is 1.65. The summed E-state index contributed by atoms with van der Waals surface area (Å²) in [6, 6.07) is 18.0. The highest BCUT2D eigenvalue weighted by molar-refractivity contribution is 5.66. The largest absolute Gasteiger partial charge is 0.495 e. The van der Waals surface area contributed by atoms with Gasteiger partial charge in [-0.1, -0.05) is 51.1 Å². The van der Waals surface area contributed by atoms with Gasteiger partial charge in [0, 0.05) is 17.4 Å². The Bertz CT molecular complexity index is 932. The summed E-state index contributed by atoms with van der Waals surface area (Å²) in [5.41, 5.74) is 4.01. The number of ether oxygens (including phenoxy) is 1. The molecule has 0 fully saturated rings. The fourth-order valence-corrected chi connectivity index (χ4v) is 2.94. The molecule has 0 saturated heterocycles. The Morgan fingerprint density at radius 1 is 0.852 bits per heavy atom. The summed E-state index contributed by atoms with van der Waals surface area (Å²) in [6.07, 6.45) is 0. The van der Waals surface area contributed by atoms with Crippen LogP contribution in [0.25, 0.3) is 0 Å². The van der Waals surface area contributed by atoms with E-state index in [1.165, 1.54) is 5.56 Å². The van der Waals surface area contributed by atoms with E-state index in [-0.39, 0.29) is 5.41 Å². The molecule has 3 aromatic rings. The predicted molar refractivity (Wildman–Crippen MR) is 111 cm³/mol. The van der Waals surface area contributed by atoms with Gasteiger partial charge in [-0.3, -0.25) is 0 Å². The number of rotatable bonds is 5. The average Bonchev–Trinajstić information content (AvgIpc) is 2.61. The van der Waals surface area contributed by atoms with E-state index in [4.69, 9.17) is 4.74 Å². The van der Waals surface area contributed by atoms with Crippen molar-refractivity contribution in [2.45, 2.75) is 33.1 Å². The monoisotopic (exact) mass is 362 g/mol. The second-order valence-electron chi connectivity index (χ2n) is 7.46. The second kappa shape index (κ2) is 7.66. The number of nitrogens with zero attached hydrogens (tertiary/aromatic N) is 2. The van der Waals surface area contributed by atoms with Crippen molar-refractivity contribution >= 4 is 23.1 Å². The van der Waals surface area contributed by atoms with Gasteiger partial charge in [0.2, 0.25) is 5.95 Å². The van der Waals surface area contributed by atoms with Crippen LogP contribution in [-0.2, 0) is 5.41 Å². The number of hydrogen-bond acceptors (Lipinski definition) is 5. The molecule has 0 atom stereocenters. The summed E-state index contributed by atoms with van der Waals surface area (Å²) in [5.74, 6) is 2.02. The summed E-state index contributed by atoms with van der Waals surface area (Å²) in [4.78, 5) is 9.13. The molecule has 0 bridgehead atoms. The molecule has 0 amide bonds. The lowest BCUT2D eigenvalue weighted by Gasteiger charge is -2.23. The Labute approximate surface area is 160 Å².